The number of β-amino-alcohol motifs (C(OH)–C–C–N with tert-alkyl or cyclic N) is 1. The molecule has 0 aliphatic carbocycles. The maximum Gasteiger partial charge on any atom is 0.0639 e. The highest BCUT2D eigenvalue weighted by atomic mass is 16.3. The Labute approximate surface area is 213 Å². The van der Waals surface area contributed by atoms with Crippen molar-refractivity contribution in [2.75, 3.05) is 98.2 Å². The molecule has 1 rings (SSSR count). The van der Waals surface area contributed by atoms with Crippen LogP contribution in [0.25, 0.3) is 0 Å². The van der Waals surface area contributed by atoms with Crippen molar-refractivity contribution < 1.29 is 25.5 Å². The van der Waals surface area contributed by atoms with Crippen molar-refractivity contribution >= 4 is 0 Å². The summed E-state index contributed by atoms with van der Waals surface area (Å²) < 4.78 is 0. The molecule has 0 bridgehead atoms. The number of aliphatic hydroxyl groups excluding tert-OH is 5. The Kier molecular flexibility index (Phi) is 16.7. The van der Waals surface area contributed by atoms with E-state index in [0.717, 1.165) is 65.4 Å². The van der Waals surface area contributed by atoms with E-state index in [2.05, 4.69) is 24.5 Å². The standard InChI is InChI=1S/C25H55N5O5/c1-21(31)16-27-9-6-26(7-10-27)8-11-28(17-22(2)32)12-13-29(18-23(3)33)14-15-30(19-24(4)34)20-25(5)35/h21-25,31-35H,6-20H2,1-5H3. The fourth-order valence-corrected chi connectivity index (χ4v) is 4.76. The quantitative estimate of drug-likeness (QED) is 0.141. The summed E-state index contributed by atoms with van der Waals surface area (Å²) in [6.45, 7) is 20.6. The number of rotatable bonds is 19. The van der Waals surface area contributed by atoms with Crippen molar-refractivity contribution in [2.45, 2.75) is 65.1 Å². The van der Waals surface area contributed by atoms with Crippen molar-refractivity contribution in [3.8, 4) is 0 Å². The number of piperazine rings is 1. The average Bonchev–Trinajstić information content (AvgIpc) is 2.72. The van der Waals surface area contributed by atoms with Crippen molar-refractivity contribution in [3.05, 3.63) is 0 Å². The lowest BCUT2D eigenvalue weighted by Crippen LogP contribution is -2.51. The van der Waals surface area contributed by atoms with Gasteiger partial charge in [-0.15, -0.1) is 0 Å². The molecule has 210 valence electrons. The number of nitrogens with zero attached hydrogens (tertiary/aromatic N) is 5. The molecule has 0 spiro atoms. The van der Waals surface area contributed by atoms with Crippen LogP contribution in [0.5, 0.6) is 0 Å². The third kappa shape index (κ3) is 16.9. The second kappa shape index (κ2) is 18.0. The SMILES string of the molecule is CC(O)CN1CCN(CCN(CCN(CCN(CC(C)O)CC(C)O)CC(C)O)CC(C)O)CC1. The van der Waals surface area contributed by atoms with E-state index < -0.39 is 24.4 Å². The third-order valence-corrected chi connectivity index (χ3v) is 6.27. The summed E-state index contributed by atoms with van der Waals surface area (Å²) in [5, 5.41) is 49.3. The van der Waals surface area contributed by atoms with Crippen molar-refractivity contribution in [1.82, 2.24) is 24.5 Å². The van der Waals surface area contributed by atoms with E-state index in [0.29, 0.717) is 32.7 Å². The molecular formula is C25H55N5O5. The van der Waals surface area contributed by atoms with E-state index in [1.807, 2.05) is 13.8 Å². The molecule has 10 heteroatoms. The Bertz CT molecular complexity index is 506. The van der Waals surface area contributed by atoms with Gasteiger partial charge < -0.3 is 25.5 Å². The third-order valence-electron chi connectivity index (χ3n) is 6.27. The van der Waals surface area contributed by atoms with E-state index in [1.54, 1.807) is 20.8 Å². The molecule has 0 aromatic rings. The Balaban J connectivity index is 2.57. The van der Waals surface area contributed by atoms with Crippen LogP contribution < -0.4 is 0 Å². The van der Waals surface area contributed by atoms with Crippen LogP contribution in [0.1, 0.15) is 34.6 Å². The highest BCUT2D eigenvalue weighted by molar-refractivity contribution is 4.76. The lowest BCUT2D eigenvalue weighted by Gasteiger charge is -2.37. The van der Waals surface area contributed by atoms with Crippen LogP contribution >= 0.6 is 0 Å². The molecule has 1 fully saturated rings. The molecule has 5 atom stereocenters. The smallest absolute Gasteiger partial charge is 0.0639 e. The van der Waals surface area contributed by atoms with Crippen molar-refractivity contribution in [3.63, 3.8) is 0 Å². The van der Waals surface area contributed by atoms with Gasteiger partial charge in [0.05, 0.1) is 30.5 Å². The fourth-order valence-electron chi connectivity index (χ4n) is 4.76. The van der Waals surface area contributed by atoms with Gasteiger partial charge >= 0.3 is 0 Å². The Morgan fingerprint density at radius 3 is 1.23 bits per heavy atom. The van der Waals surface area contributed by atoms with Crippen LogP contribution in [0.3, 0.4) is 0 Å². The maximum atomic E-state index is 10.0. The summed E-state index contributed by atoms with van der Waals surface area (Å²) in [5.41, 5.74) is 0. The van der Waals surface area contributed by atoms with Crippen LogP contribution in [0.15, 0.2) is 0 Å². The van der Waals surface area contributed by atoms with Gasteiger partial charge in [0.25, 0.3) is 0 Å². The molecule has 5 N–H and O–H groups in total. The molecule has 5 unspecified atom stereocenters. The lowest BCUT2D eigenvalue weighted by atomic mass is 10.2. The van der Waals surface area contributed by atoms with Gasteiger partial charge in [-0.3, -0.25) is 24.5 Å². The zero-order valence-corrected chi connectivity index (χ0v) is 23.0. The molecule has 0 amide bonds. The summed E-state index contributed by atoms with van der Waals surface area (Å²) in [6.07, 6.45) is -2.07. The molecule has 0 aromatic heterocycles. The van der Waals surface area contributed by atoms with Crippen molar-refractivity contribution in [1.29, 1.82) is 0 Å². The minimum atomic E-state index is -0.464. The topological polar surface area (TPSA) is 117 Å². The van der Waals surface area contributed by atoms with E-state index in [4.69, 9.17) is 0 Å². The molecular weight excluding hydrogens is 450 g/mol. The molecule has 1 aliphatic rings. The van der Waals surface area contributed by atoms with E-state index >= 15 is 0 Å². The average molecular weight is 506 g/mol. The Hall–Kier alpha value is -0.400. The summed E-state index contributed by atoms with van der Waals surface area (Å²) >= 11 is 0. The summed E-state index contributed by atoms with van der Waals surface area (Å²) in [7, 11) is 0. The molecule has 1 saturated heterocycles. The van der Waals surface area contributed by atoms with Gasteiger partial charge in [0.1, 0.15) is 0 Å². The minimum absolute atomic E-state index is 0.293. The van der Waals surface area contributed by atoms with Crippen LogP contribution in [-0.2, 0) is 0 Å². The highest BCUT2D eigenvalue weighted by Gasteiger charge is 2.20. The molecule has 10 nitrogen and oxygen atoms in total. The normalized spacial score (nSPS) is 20.5. The van der Waals surface area contributed by atoms with Gasteiger partial charge in [-0.05, 0) is 34.6 Å². The first kappa shape index (κ1) is 32.6. The first-order valence-corrected chi connectivity index (χ1v) is 13.5. The largest absolute Gasteiger partial charge is 0.392 e. The Morgan fingerprint density at radius 1 is 0.486 bits per heavy atom. The minimum Gasteiger partial charge on any atom is -0.392 e. The second-order valence-electron chi connectivity index (χ2n) is 10.7. The van der Waals surface area contributed by atoms with Gasteiger partial charge in [-0.1, -0.05) is 0 Å². The fraction of sp³-hybridized carbons (Fsp3) is 1.00. The van der Waals surface area contributed by atoms with Gasteiger partial charge in [-0.2, -0.15) is 0 Å². The maximum absolute atomic E-state index is 10.0. The summed E-state index contributed by atoms with van der Waals surface area (Å²) in [5.74, 6) is 0. The molecule has 1 heterocycles. The van der Waals surface area contributed by atoms with E-state index in [1.165, 1.54) is 0 Å². The van der Waals surface area contributed by atoms with Gasteiger partial charge in [0, 0.05) is 98.2 Å². The highest BCUT2D eigenvalue weighted by Crippen LogP contribution is 2.05. The molecule has 1 aliphatic heterocycles. The van der Waals surface area contributed by atoms with E-state index in [9.17, 15) is 25.5 Å². The van der Waals surface area contributed by atoms with Gasteiger partial charge in [0.15, 0.2) is 0 Å². The number of aliphatic hydroxyl groups is 5. The van der Waals surface area contributed by atoms with Crippen molar-refractivity contribution in [2.24, 2.45) is 0 Å². The van der Waals surface area contributed by atoms with Crippen LogP contribution in [0.4, 0.5) is 0 Å². The molecule has 35 heavy (non-hydrogen) atoms. The first-order valence-electron chi connectivity index (χ1n) is 13.5. The molecule has 0 saturated carbocycles. The molecule has 0 radical (unpaired) electrons. The van der Waals surface area contributed by atoms with Gasteiger partial charge in [0.2, 0.25) is 0 Å². The zero-order valence-electron chi connectivity index (χ0n) is 23.0. The molecule has 0 aromatic carbocycles. The summed E-state index contributed by atoms with van der Waals surface area (Å²) in [6, 6.07) is 0. The van der Waals surface area contributed by atoms with Gasteiger partial charge in [-0.25, -0.2) is 0 Å². The zero-order chi connectivity index (χ0) is 26.4. The Morgan fingerprint density at radius 2 is 0.829 bits per heavy atom. The number of hydrogen-bond donors (Lipinski definition) is 5. The van der Waals surface area contributed by atoms with Crippen LogP contribution in [0, 0.1) is 0 Å². The first-order chi connectivity index (χ1) is 16.4. The second-order valence-corrected chi connectivity index (χ2v) is 10.7. The number of hydrogen-bond acceptors (Lipinski definition) is 10. The van der Waals surface area contributed by atoms with Crippen LogP contribution in [0.2, 0.25) is 0 Å². The monoisotopic (exact) mass is 505 g/mol. The predicted molar refractivity (Wildman–Crippen MR) is 141 cm³/mol. The summed E-state index contributed by atoms with van der Waals surface area (Å²) in [4.78, 5) is 11.3. The lowest BCUT2D eigenvalue weighted by molar-refractivity contribution is 0.0576. The predicted octanol–water partition coefficient (Wildman–Crippen LogP) is -1.59. The van der Waals surface area contributed by atoms with E-state index in [-0.39, 0.29) is 6.10 Å². The van der Waals surface area contributed by atoms with Crippen LogP contribution in [-0.4, -0.2) is 179 Å².